The van der Waals surface area contributed by atoms with Gasteiger partial charge in [-0.05, 0) is 68.6 Å². The molecule has 0 aliphatic carbocycles. The third-order valence-corrected chi connectivity index (χ3v) is 7.35. The van der Waals surface area contributed by atoms with E-state index >= 15 is 0 Å². The van der Waals surface area contributed by atoms with Crippen LogP contribution in [0.3, 0.4) is 0 Å². The molecule has 150 valence electrons. The molecule has 4 rings (SSSR count). The highest BCUT2D eigenvalue weighted by Gasteiger charge is 2.42. The topological polar surface area (TPSA) is 44.8 Å². The minimum absolute atomic E-state index is 0.0365. The minimum Gasteiger partial charge on any atom is -0.370 e. The Balaban J connectivity index is 1.22. The van der Waals surface area contributed by atoms with Crippen molar-refractivity contribution in [1.29, 1.82) is 0 Å². The van der Waals surface area contributed by atoms with Gasteiger partial charge < -0.3 is 10.1 Å². The van der Waals surface area contributed by atoms with Gasteiger partial charge in [-0.3, -0.25) is 14.6 Å². The molecule has 1 atom stereocenters. The van der Waals surface area contributed by atoms with E-state index in [1.807, 2.05) is 11.3 Å². The summed E-state index contributed by atoms with van der Waals surface area (Å²) in [4.78, 5) is 17.8. The minimum atomic E-state index is 0.0365. The molecule has 1 amide bonds. The van der Waals surface area contributed by atoms with E-state index in [2.05, 4.69) is 26.6 Å². The number of carbonyl (C=O) groups excluding carboxylic acids is 1. The third kappa shape index (κ3) is 5.11. The summed E-state index contributed by atoms with van der Waals surface area (Å²) in [6, 6.07) is 2.42. The lowest BCUT2D eigenvalue weighted by atomic mass is 9.88. The molecule has 4 heterocycles. The van der Waals surface area contributed by atoms with Gasteiger partial charge in [0.15, 0.2) is 0 Å². The first kappa shape index (κ1) is 19.4. The van der Waals surface area contributed by atoms with Gasteiger partial charge in [0.2, 0.25) is 5.91 Å². The Morgan fingerprint density at radius 3 is 2.67 bits per heavy atom. The maximum Gasteiger partial charge on any atom is 0.216 e. The molecule has 27 heavy (non-hydrogen) atoms. The van der Waals surface area contributed by atoms with E-state index in [1.165, 1.54) is 36.4 Å². The molecule has 3 fully saturated rings. The average molecular weight is 392 g/mol. The molecule has 1 spiro atoms. The standard InChI is InChI=1S/C21H33N3O2S/c1-17(25)22-13-19-4-5-21(26-19)6-10-24(11-7-21)15-20-12-18(16-27-20)14-23-8-2-3-9-23/h12,16,19H,2-11,13-15H2,1H3,(H,22,25)/t19-/m0/s1. The molecule has 1 aromatic heterocycles. The van der Waals surface area contributed by atoms with Crippen molar-refractivity contribution in [3.05, 3.63) is 21.9 Å². The smallest absolute Gasteiger partial charge is 0.216 e. The summed E-state index contributed by atoms with van der Waals surface area (Å²) in [5.41, 5.74) is 1.56. The van der Waals surface area contributed by atoms with Crippen LogP contribution in [0.15, 0.2) is 11.4 Å². The summed E-state index contributed by atoms with van der Waals surface area (Å²) < 4.78 is 6.37. The van der Waals surface area contributed by atoms with Crippen LogP contribution in [-0.2, 0) is 22.6 Å². The van der Waals surface area contributed by atoms with E-state index in [0.29, 0.717) is 6.54 Å². The second kappa shape index (κ2) is 8.60. The van der Waals surface area contributed by atoms with Crippen LogP contribution in [0.2, 0.25) is 0 Å². The summed E-state index contributed by atoms with van der Waals surface area (Å²) in [5, 5.41) is 5.26. The molecule has 3 aliphatic rings. The van der Waals surface area contributed by atoms with Crippen LogP contribution in [0.25, 0.3) is 0 Å². The third-order valence-electron chi connectivity index (χ3n) is 6.38. The van der Waals surface area contributed by atoms with Crippen LogP contribution in [0, 0.1) is 0 Å². The Morgan fingerprint density at radius 2 is 1.93 bits per heavy atom. The Morgan fingerprint density at radius 1 is 1.19 bits per heavy atom. The molecule has 1 aromatic rings. The molecule has 3 aliphatic heterocycles. The number of nitrogens with zero attached hydrogens (tertiary/aromatic N) is 2. The van der Waals surface area contributed by atoms with Gasteiger partial charge in [0.1, 0.15) is 0 Å². The maximum absolute atomic E-state index is 11.1. The number of amides is 1. The van der Waals surface area contributed by atoms with Crippen molar-refractivity contribution in [3.8, 4) is 0 Å². The fraction of sp³-hybridized carbons (Fsp3) is 0.762. The highest BCUT2D eigenvalue weighted by Crippen LogP contribution is 2.39. The number of piperidine rings is 1. The summed E-state index contributed by atoms with van der Waals surface area (Å²) in [6.07, 6.45) is 7.38. The molecule has 5 nitrogen and oxygen atoms in total. The quantitative estimate of drug-likeness (QED) is 0.810. The normalized spacial score (nSPS) is 26.0. The van der Waals surface area contributed by atoms with Crippen LogP contribution in [-0.4, -0.2) is 60.1 Å². The van der Waals surface area contributed by atoms with E-state index < -0.39 is 0 Å². The highest BCUT2D eigenvalue weighted by atomic mass is 32.1. The largest absolute Gasteiger partial charge is 0.370 e. The number of ether oxygens (including phenoxy) is 1. The van der Waals surface area contributed by atoms with Crippen molar-refractivity contribution in [1.82, 2.24) is 15.1 Å². The lowest BCUT2D eigenvalue weighted by Gasteiger charge is -2.39. The molecular formula is C21H33N3O2S. The SMILES string of the molecule is CC(=O)NC[C@@H]1CCC2(CCN(Cc3cc(CN4CCCC4)cs3)CC2)O1. The van der Waals surface area contributed by atoms with Crippen LogP contribution in [0.4, 0.5) is 0 Å². The summed E-state index contributed by atoms with van der Waals surface area (Å²) >= 11 is 1.92. The van der Waals surface area contributed by atoms with E-state index in [4.69, 9.17) is 4.74 Å². The monoisotopic (exact) mass is 391 g/mol. The Hall–Kier alpha value is -0.950. The number of carbonyl (C=O) groups is 1. The lowest BCUT2D eigenvalue weighted by Crippen LogP contribution is -2.44. The predicted molar refractivity (Wildman–Crippen MR) is 109 cm³/mol. The van der Waals surface area contributed by atoms with Gasteiger partial charge in [0.25, 0.3) is 0 Å². The maximum atomic E-state index is 11.1. The van der Waals surface area contributed by atoms with Gasteiger partial charge in [-0.2, -0.15) is 0 Å². The van der Waals surface area contributed by atoms with Crippen LogP contribution in [0.1, 0.15) is 55.9 Å². The molecule has 0 saturated carbocycles. The molecule has 0 unspecified atom stereocenters. The van der Waals surface area contributed by atoms with Crippen molar-refractivity contribution in [2.24, 2.45) is 0 Å². The van der Waals surface area contributed by atoms with Crippen molar-refractivity contribution < 1.29 is 9.53 Å². The van der Waals surface area contributed by atoms with Crippen molar-refractivity contribution in [2.45, 2.75) is 70.2 Å². The summed E-state index contributed by atoms with van der Waals surface area (Å²) in [6.45, 7) is 9.21. The molecule has 3 saturated heterocycles. The van der Waals surface area contributed by atoms with Gasteiger partial charge in [-0.25, -0.2) is 0 Å². The first-order chi connectivity index (χ1) is 13.1. The van der Waals surface area contributed by atoms with Gasteiger partial charge in [0, 0.05) is 44.5 Å². The number of hydrogen-bond donors (Lipinski definition) is 1. The van der Waals surface area contributed by atoms with Crippen molar-refractivity contribution in [2.75, 3.05) is 32.7 Å². The Labute approximate surface area is 167 Å². The number of hydrogen-bond acceptors (Lipinski definition) is 5. The molecule has 1 N–H and O–H groups in total. The molecule has 0 bridgehead atoms. The number of nitrogens with one attached hydrogen (secondary N) is 1. The van der Waals surface area contributed by atoms with E-state index in [9.17, 15) is 4.79 Å². The zero-order valence-corrected chi connectivity index (χ0v) is 17.4. The second-order valence-electron chi connectivity index (χ2n) is 8.58. The molecule has 6 heteroatoms. The van der Waals surface area contributed by atoms with Gasteiger partial charge in [-0.15, -0.1) is 11.3 Å². The van der Waals surface area contributed by atoms with Crippen LogP contribution < -0.4 is 5.32 Å². The van der Waals surface area contributed by atoms with Gasteiger partial charge in [0.05, 0.1) is 11.7 Å². The second-order valence-corrected chi connectivity index (χ2v) is 9.58. The van der Waals surface area contributed by atoms with E-state index in [0.717, 1.165) is 51.9 Å². The average Bonchev–Trinajstić information content (AvgIpc) is 3.39. The number of thiophene rings is 1. The fourth-order valence-corrected chi connectivity index (χ4v) is 5.72. The van der Waals surface area contributed by atoms with Gasteiger partial charge in [-0.1, -0.05) is 0 Å². The first-order valence-corrected chi connectivity index (χ1v) is 11.4. The Kier molecular flexibility index (Phi) is 6.17. The first-order valence-electron chi connectivity index (χ1n) is 10.5. The van der Waals surface area contributed by atoms with Crippen LogP contribution >= 0.6 is 11.3 Å². The summed E-state index contributed by atoms with van der Waals surface area (Å²) in [7, 11) is 0. The summed E-state index contributed by atoms with van der Waals surface area (Å²) in [5.74, 6) is 0.0365. The fourth-order valence-electron chi connectivity index (χ4n) is 4.79. The van der Waals surface area contributed by atoms with Crippen LogP contribution in [0.5, 0.6) is 0 Å². The molecule has 0 radical (unpaired) electrons. The van der Waals surface area contributed by atoms with Gasteiger partial charge >= 0.3 is 0 Å². The lowest BCUT2D eigenvalue weighted by molar-refractivity contribution is -0.120. The molecule has 0 aromatic carbocycles. The Bertz CT molecular complexity index is 633. The van der Waals surface area contributed by atoms with Crippen molar-refractivity contribution >= 4 is 17.2 Å². The molecular weight excluding hydrogens is 358 g/mol. The van der Waals surface area contributed by atoms with Crippen molar-refractivity contribution in [3.63, 3.8) is 0 Å². The zero-order valence-electron chi connectivity index (χ0n) is 16.5. The zero-order chi connectivity index (χ0) is 18.7. The highest BCUT2D eigenvalue weighted by molar-refractivity contribution is 7.10. The number of likely N-dealkylation sites (tertiary alicyclic amines) is 2. The number of rotatable bonds is 6. The van der Waals surface area contributed by atoms with E-state index in [1.54, 1.807) is 6.92 Å². The van der Waals surface area contributed by atoms with E-state index in [-0.39, 0.29) is 17.6 Å². The predicted octanol–water partition coefficient (Wildman–Crippen LogP) is 2.99.